The van der Waals surface area contributed by atoms with Crippen LogP contribution < -0.4 is 9.64 Å². The lowest BCUT2D eigenvalue weighted by Gasteiger charge is -2.36. The first-order chi connectivity index (χ1) is 19.6. The molecule has 1 amide bonds. The van der Waals surface area contributed by atoms with Crippen molar-refractivity contribution in [2.24, 2.45) is 0 Å². The monoisotopic (exact) mass is 559 g/mol. The van der Waals surface area contributed by atoms with Gasteiger partial charge in [0.2, 0.25) is 5.91 Å². The maximum Gasteiger partial charge on any atom is 0.222 e. The highest BCUT2D eigenvalue weighted by Crippen LogP contribution is 2.26. The largest absolute Gasteiger partial charge is 0.497 e. The van der Waals surface area contributed by atoms with E-state index in [1.807, 2.05) is 58.3 Å². The fourth-order valence-corrected chi connectivity index (χ4v) is 5.85. The van der Waals surface area contributed by atoms with Crippen molar-refractivity contribution in [1.29, 1.82) is 0 Å². The predicted octanol–water partition coefficient (Wildman–Crippen LogP) is 5.62. The van der Waals surface area contributed by atoms with Gasteiger partial charge in [0.05, 0.1) is 12.8 Å². The summed E-state index contributed by atoms with van der Waals surface area (Å²) in [5.74, 6) is 2.48. The van der Waals surface area contributed by atoms with Gasteiger partial charge in [0.1, 0.15) is 17.4 Å². The number of nitrogens with zero attached hydrogens (tertiary/aromatic N) is 5. The van der Waals surface area contributed by atoms with Crippen LogP contribution in [-0.4, -0.2) is 64.6 Å². The van der Waals surface area contributed by atoms with Crippen LogP contribution in [0, 0.1) is 5.82 Å². The van der Waals surface area contributed by atoms with Crippen LogP contribution in [0.25, 0.3) is 5.69 Å². The number of aromatic nitrogens is 3. The molecular weight excluding hydrogens is 525 g/mol. The van der Waals surface area contributed by atoms with Crippen LogP contribution in [0.5, 0.6) is 5.75 Å². The number of thioether (sulfide) groups is 1. The summed E-state index contributed by atoms with van der Waals surface area (Å²) in [6, 6.07) is 25.0. The second-order valence-corrected chi connectivity index (χ2v) is 10.8. The first-order valence-corrected chi connectivity index (χ1v) is 14.6. The van der Waals surface area contributed by atoms with E-state index in [9.17, 15) is 9.18 Å². The summed E-state index contributed by atoms with van der Waals surface area (Å²) in [4.78, 5) is 16.7. The summed E-state index contributed by atoms with van der Waals surface area (Å²) < 4.78 is 21.5. The molecule has 9 heteroatoms. The third-order valence-corrected chi connectivity index (χ3v) is 8.09. The van der Waals surface area contributed by atoms with Gasteiger partial charge < -0.3 is 14.5 Å². The van der Waals surface area contributed by atoms with Gasteiger partial charge in [-0.25, -0.2) is 4.39 Å². The van der Waals surface area contributed by atoms with Crippen LogP contribution in [-0.2, 0) is 11.2 Å². The molecule has 1 aliphatic heterocycles. The highest BCUT2D eigenvalue weighted by atomic mass is 32.2. The topological polar surface area (TPSA) is 63.5 Å². The number of piperazine rings is 1. The Kier molecular flexibility index (Phi) is 9.34. The predicted molar refractivity (Wildman–Crippen MR) is 157 cm³/mol. The molecule has 0 spiro atoms. The summed E-state index contributed by atoms with van der Waals surface area (Å²) in [6.45, 7) is 2.54. The molecule has 0 radical (unpaired) electrons. The van der Waals surface area contributed by atoms with Crippen LogP contribution in [0.2, 0.25) is 0 Å². The Bertz CT molecular complexity index is 1390. The van der Waals surface area contributed by atoms with Crippen LogP contribution >= 0.6 is 11.8 Å². The van der Waals surface area contributed by atoms with Crippen molar-refractivity contribution in [2.45, 2.75) is 30.8 Å². The normalized spacial score (nSPS) is 13.4. The van der Waals surface area contributed by atoms with Crippen molar-refractivity contribution in [2.75, 3.05) is 43.9 Å². The van der Waals surface area contributed by atoms with Gasteiger partial charge in [-0.3, -0.25) is 9.36 Å². The molecule has 0 N–H and O–H groups in total. The fraction of sp³-hybridized carbons (Fsp3) is 0.323. The average Bonchev–Trinajstić information content (AvgIpc) is 3.39. The highest BCUT2D eigenvalue weighted by molar-refractivity contribution is 7.99. The maximum absolute atomic E-state index is 14.1. The van der Waals surface area contributed by atoms with Crippen LogP contribution in [0.1, 0.15) is 30.7 Å². The molecule has 0 atom stereocenters. The highest BCUT2D eigenvalue weighted by Gasteiger charge is 2.22. The van der Waals surface area contributed by atoms with E-state index in [1.54, 1.807) is 31.0 Å². The van der Waals surface area contributed by atoms with Gasteiger partial charge in [-0.05, 0) is 54.8 Å². The average molecular weight is 560 g/mol. The van der Waals surface area contributed by atoms with E-state index in [1.165, 1.54) is 11.6 Å². The molecule has 40 heavy (non-hydrogen) atoms. The van der Waals surface area contributed by atoms with E-state index in [-0.39, 0.29) is 11.7 Å². The second kappa shape index (κ2) is 13.5. The molecule has 0 aliphatic carbocycles. The summed E-state index contributed by atoms with van der Waals surface area (Å²) in [6.07, 6.45) is 2.91. The first kappa shape index (κ1) is 27.7. The molecule has 7 nitrogen and oxygen atoms in total. The van der Waals surface area contributed by atoms with Crippen molar-refractivity contribution in [3.8, 4) is 11.4 Å². The lowest BCUT2D eigenvalue weighted by molar-refractivity contribution is -0.131. The van der Waals surface area contributed by atoms with Crippen LogP contribution in [0.4, 0.5) is 10.1 Å². The number of carbonyl (C=O) groups is 1. The van der Waals surface area contributed by atoms with Gasteiger partial charge in [0, 0.05) is 50.5 Å². The lowest BCUT2D eigenvalue weighted by Crippen LogP contribution is -2.49. The molecule has 1 aromatic heterocycles. The maximum atomic E-state index is 14.1. The van der Waals surface area contributed by atoms with E-state index in [0.29, 0.717) is 44.7 Å². The van der Waals surface area contributed by atoms with E-state index in [4.69, 9.17) is 4.74 Å². The third-order valence-electron chi connectivity index (χ3n) is 7.08. The van der Waals surface area contributed by atoms with Gasteiger partial charge in [-0.2, -0.15) is 0 Å². The molecule has 0 bridgehead atoms. The number of rotatable bonds is 11. The SMILES string of the molecule is COc1ccc(-n2c(Cc3ccccc3)nnc2SCCCCC(=O)N2CCN(c3ccccc3F)CC2)cc1. The van der Waals surface area contributed by atoms with Gasteiger partial charge >= 0.3 is 0 Å². The molecule has 0 saturated carbocycles. The summed E-state index contributed by atoms with van der Waals surface area (Å²) >= 11 is 1.66. The third kappa shape index (κ3) is 6.83. The van der Waals surface area contributed by atoms with E-state index >= 15 is 0 Å². The number of benzene rings is 3. The van der Waals surface area contributed by atoms with E-state index in [2.05, 4.69) is 26.9 Å². The number of halogens is 1. The van der Waals surface area contributed by atoms with Crippen molar-refractivity contribution in [3.05, 3.63) is 96.1 Å². The Balaban J connectivity index is 1.13. The van der Waals surface area contributed by atoms with E-state index in [0.717, 1.165) is 41.0 Å². The molecule has 5 rings (SSSR count). The fourth-order valence-electron chi connectivity index (χ4n) is 4.88. The quantitative estimate of drug-likeness (QED) is 0.176. The molecular formula is C31H34FN5O2S. The zero-order chi connectivity index (χ0) is 27.7. The number of unbranched alkanes of at least 4 members (excludes halogenated alkanes) is 1. The molecule has 1 aliphatic rings. The zero-order valence-corrected chi connectivity index (χ0v) is 23.5. The number of ether oxygens (including phenoxy) is 1. The van der Waals surface area contributed by atoms with Gasteiger partial charge in [0.15, 0.2) is 5.16 Å². The Morgan fingerprint density at radius 2 is 1.62 bits per heavy atom. The molecule has 1 fully saturated rings. The summed E-state index contributed by atoms with van der Waals surface area (Å²) in [5, 5.41) is 9.88. The van der Waals surface area contributed by atoms with Gasteiger partial charge in [-0.15, -0.1) is 10.2 Å². The molecule has 208 valence electrons. The lowest BCUT2D eigenvalue weighted by atomic mass is 10.1. The minimum atomic E-state index is -0.213. The Labute approximate surface area is 239 Å². The second-order valence-electron chi connectivity index (χ2n) is 9.72. The van der Waals surface area contributed by atoms with Gasteiger partial charge in [0.25, 0.3) is 0 Å². The number of carbonyl (C=O) groups excluding carboxylic acids is 1. The van der Waals surface area contributed by atoms with Gasteiger partial charge in [-0.1, -0.05) is 54.2 Å². The molecule has 1 saturated heterocycles. The van der Waals surface area contributed by atoms with Crippen molar-refractivity contribution in [1.82, 2.24) is 19.7 Å². The number of anilines is 1. The van der Waals surface area contributed by atoms with Crippen LogP contribution in [0.3, 0.4) is 0 Å². The first-order valence-electron chi connectivity index (χ1n) is 13.6. The van der Waals surface area contributed by atoms with Crippen molar-refractivity contribution < 1.29 is 13.9 Å². The van der Waals surface area contributed by atoms with Crippen LogP contribution in [0.15, 0.2) is 84.0 Å². The van der Waals surface area contributed by atoms with Crippen molar-refractivity contribution in [3.63, 3.8) is 0 Å². The molecule has 3 aromatic carbocycles. The minimum Gasteiger partial charge on any atom is -0.497 e. The number of hydrogen-bond acceptors (Lipinski definition) is 6. The smallest absolute Gasteiger partial charge is 0.222 e. The summed E-state index contributed by atoms with van der Waals surface area (Å²) in [5.41, 5.74) is 2.78. The molecule has 0 unspecified atom stereocenters. The number of methoxy groups -OCH3 is 1. The minimum absolute atomic E-state index is 0.171. The Morgan fingerprint density at radius 3 is 2.35 bits per heavy atom. The Morgan fingerprint density at radius 1 is 0.900 bits per heavy atom. The van der Waals surface area contributed by atoms with Crippen molar-refractivity contribution >= 4 is 23.4 Å². The number of para-hydroxylation sites is 1. The number of amides is 1. The summed E-state index contributed by atoms with van der Waals surface area (Å²) in [7, 11) is 1.66. The van der Waals surface area contributed by atoms with E-state index < -0.39 is 0 Å². The Hall–Kier alpha value is -3.85. The zero-order valence-electron chi connectivity index (χ0n) is 22.7. The molecule has 2 heterocycles. The molecule has 4 aromatic rings. The number of hydrogen-bond donors (Lipinski definition) is 0. The standard InChI is InChI=1S/C31H34FN5O2S/c1-39-26-16-14-25(15-17-26)37-29(23-24-9-3-2-4-10-24)33-34-31(37)40-22-8-7-13-30(38)36-20-18-35(19-21-36)28-12-6-5-11-27(28)32/h2-6,9-12,14-17H,7-8,13,18-23H2,1H3.